The molecule has 0 unspecified atom stereocenters. The first-order valence-electron chi connectivity index (χ1n) is 17.0. The van der Waals surface area contributed by atoms with Gasteiger partial charge >= 0.3 is 11.9 Å². The van der Waals surface area contributed by atoms with E-state index in [0.29, 0.717) is 38.5 Å². The van der Waals surface area contributed by atoms with Crippen LogP contribution in [0.5, 0.6) is 0 Å². The van der Waals surface area contributed by atoms with Crippen LogP contribution in [0.3, 0.4) is 0 Å². The third-order valence-corrected chi connectivity index (χ3v) is 8.25. The predicted octanol–water partition coefficient (Wildman–Crippen LogP) is 6.18. The van der Waals surface area contributed by atoms with Gasteiger partial charge in [0.05, 0.1) is 24.9 Å². The molecule has 1 aliphatic carbocycles. The predicted molar refractivity (Wildman–Crippen MR) is 170 cm³/mol. The van der Waals surface area contributed by atoms with Crippen molar-refractivity contribution in [3.05, 3.63) is 24.3 Å². The normalized spacial score (nSPS) is 22.0. The minimum absolute atomic E-state index is 0.118. The van der Waals surface area contributed by atoms with Gasteiger partial charge in [0.25, 0.3) is 0 Å². The van der Waals surface area contributed by atoms with Gasteiger partial charge in [-0.25, -0.2) is 0 Å². The van der Waals surface area contributed by atoms with Crippen molar-refractivity contribution in [1.82, 2.24) is 0 Å². The molecule has 0 aromatic carbocycles. The molecule has 0 saturated heterocycles. The Bertz CT molecular complexity index is 780. The monoisotopic (exact) mass is 610 g/mol. The summed E-state index contributed by atoms with van der Waals surface area (Å²) in [5, 5.41) is 40.5. The van der Waals surface area contributed by atoms with E-state index in [1.807, 2.05) is 18.2 Å². The Morgan fingerprint density at radius 2 is 1.53 bits per heavy atom. The highest BCUT2D eigenvalue weighted by Gasteiger charge is 2.39. The Kier molecular flexibility index (Phi) is 22.4. The molecule has 0 bridgehead atoms. The van der Waals surface area contributed by atoms with Crippen LogP contribution >= 0.6 is 0 Å². The highest BCUT2D eigenvalue weighted by Crippen LogP contribution is 2.36. The average molecular weight is 611 g/mol. The van der Waals surface area contributed by atoms with Gasteiger partial charge in [0.15, 0.2) is 6.10 Å². The van der Waals surface area contributed by atoms with Crippen LogP contribution in [-0.2, 0) is 19.1 Å². The molecule has 6 atom stereocenters. The summed E-state index contributed by atoms with van der Waals surface area (Å²) in [6, 6.07) is 0. The Balaban J connectivity index is 2.22. The molecular weight excluding hydrogens is 548 g/mol. The maximum Gasteiger partial charge on any atom is 0.306 e. The molecule has 43 heavy (non-hydrogen) atoms. The van der Waals surface area contributed by atoms with Crippen LogP contribution in [0.15, 0.2) is 24.3 Å². The summed E-state index contributed by atoms with van der Waals surface area (Å²) in [5.74, 6) is -0.348. The van der Waals surface area contributed by atoms with E-state index in [1.54, 1.807) is 6.08 Å². The lowest BCUT2D eigenvalue weighted by Crippen LogP contribution is -2.28. The molecule has 0 amide bonds. The summed E-state index contributed by atoms with van der Waals surface area (Å²) in [7, 11) is 0. The van der Waals surface area contributed by atoms with Crippen molar-refractivity contribution in [3.63, 3.8) is 0 Å². The fourth-order valence-corrected chi connectivity index (χ4v) is 5.55. The van der Waals surface area contributed by atoms with Crippen molar-refractivity contribution in [2.75, 3.05) is 13.2 Å². The molecule has 1 aliphatic rings. The van der Waals surface area contributed by atoms with Crippen LogP contribution in [0.2, 0.25) is 0 Å². The smallest absolute Gasteiger partial charge is 0.306 e. The number of aliphatic hydroxyl groups is 4. The number of ether oxygens (including phenoxy) is 2. The molecule has 1 fully saturated rings. The molecule has 0 radical (unpaired) electrons. The number of aliphatic hydroxyl groups excluding tert-OH is 4. The van der Waals surface area contributed by atoms with Gasteiger partial charge in [-0.15, -0.1) is 0 Å². The zero-order valence-corrected chi connectivity index (χ0v) is 27.2. The van der Waals surface area contributed by atoms with Gasteiger partial charge in [-0.1, -0.05) is 103 Å². The van der Waals surface area contributed by atoms with Crippen LogP contribution < -0.4 is 0 Å². The summed E-state index contributed by atoms with van der Waals surface area (Å²) < 4.78 is 10.5. The second-order valence-corrected chi connectivity index (χ2v) is 12.7. The first kappa shape index (κ1) is 39.3. The summed E-state index contributed by atoms with van der Waals surface area (Å²) in [6.45, 7) is 6.05. The van der Waals surface area contributed by atoms with Crippen molar-refractivity contribution in [3.8, 4) is 0 Å². The first-order chi connectivity index (χ1) is 20.7. The lowest BCUT2D eigenvalue weighted by Gasteiger charge is -2.19. The lowest BCUT2D eigenvalue weighted by molar-refractivity contribution is -0.161. The van der Waals surface area contributed by atoms with Gasteiger partial charge < -0.3 is 29.9 Å². The number of unbranched alkanes of at least 4 members (excludes halogenated alkanes) is 8. The molecule has 0 aromatic rings. The zero-order valence-electron chi connectivity index (χ0n) is 27.2. The van der Waals surface area contributed by atoms with Crippen molar-refractivity contribution in [2.45, 2.75) is 154 Å². The largest absolute Gasteiger partial charge is 0.462 e. The van der Waals surface area contributed by atoms with Gasteiger partial charge in [-0.05, 0) is 43.9 Å². The molecular formula is C35H62O8. The van der Waals surface area contributed by atoms with Crippen LogP contribution in [0.1, 0.15) is 130 Å². The number of rotatable bonds is 25. The van der Waals surface area contributed by atoms with Gasteiger partial charge in [-0.2, -0.15) is 0 Å². The fourth-order valence-electron chi connectivity index (χ4n) is 5.55. The third kappa shape index (κ3) is 19.3. The molecule has 0 heterocycles. The van der Waals surface area contributed by atoms with Gasteiger partial charge in [0.2, 0.25) is 0 Å². The van der Waals surface area contributed by atoms with E-state index in [2.05, 4.69) is 20.8 Å². The van der Waals surface area contributed by atoms with E-state index in [9.17, 15) is 30.0 Å². The number of hydrogen-bond acceptors (Lipinski definition) is 8. The lowest BCUT2D eigenvalue weighted by atomic mass is 9.89. The second kappa shape index (κ2) is 24.6. The zero-order chi connectivity index (χ0) is 31.9. The molecule has 8 nitrogen and oxygen atoms in total. The van der Waals surface area contributed by atoms with Crippen molar-refractivity contribution < 1.29 is 39.5 Å². The molecule has 8 heteroatoms. The van der Waals surface area contributed by atoms with Crippen LogP contribution in [0.4, 0.5) is 0 Å². The third-order valence-electron chi connectivity index (χ3n) is 8.25. The fraction of sp³-hybridized carbons (Fsp3) is 0.829. The molecule has 4 N–H and O–H groups in total. The maximum absolute atomic E-state index is 12.1. The highest BCUT2D eigenvalue weighted by molar-refractivity contribution is 5.70. The van der Waals surface area contributed by atoms with Gasteiger partial charge in [-0.3, -0.25) is 9.59 Å². The number of esters is 2. The van der Waals surface area contributed by atoms with E-state index in [-0.39, 0.29) is 30.8 Å². The number of allylic oxidation sites excluding steroid dienone is 2. The van der Waals surface area contributed by atoms with Crippen molar-refractivity contribution in [1.29, 1.82) is 0 Å². The quantitative estimate of drug-likeness (QED) is 0.0547. The van der Waals surface area contributed by atoms with Crippen molar-refractivity contribution in [2.24, 2.45) is 17.8 Å². The van der Waals surface area contributed by atoms with Gasteiger partial charge in [0.1, 0.15) is 6.61 Å². The van der Waals surface area contributed by atoms with E-state index in [4.69, 9.17) is 9.47 Å². The van der Waals surface area contributed by atoms with Gasteiger partial charge in [0, 0.05) is 25.2 Å². The highest BCUT2D eigenvalue weighted by atomic mass is 16.6. The van der Waals surface area contributed by atoms with Crippen LogP contribution in [-0.4, -0.2) is 70.0 Å². The van der Waals surface area contributed by atoms with Crippen molar-refractivity contribution >= 4 is 11.9 Å². The van der Waals surface area contributed by atoms with Crippen LogP contribution in [0, 0.1) is 17.8 Å². The topological polar surface area (TPSA) is 134 Å². The Hall–Kier alpha value is -1.74. The summed E-state index contributed by atoms with van der Waals surface area (Å²) in [6.07, 6.45) is 19.3. The maximum atomic E-state index is 12.1. The number of hydrogen-bond donors (Lipinski definition) is 4. The second-order valence-electron chi connectivity index (χ2n) is 12.7. The summed E-state index contributed by atoms with van der Waals surface area (Å²) in [4.78, 5) is 24.2. The van der Waals surface area contributed by atoms with E-state index >= 15 is 0 Å². The average Bonchev–Trinajstić information content (AvgIpc) is 3.24. The minimum Gasteiger partial charge on any atom is -0.462 e. The SMILES string of the molecule is CCCCC[C@H](O)/C=C/[C@@H]1[C@@H](C/C=C/CCCC(=O)OC[C@H](CO)OC(=O)CCCCCCCCC(C)C)[C@@H](O)C[C@H]1O. The Labute approximate surface area is 260 Å². The molecule has 1 saturated carbocycles. The Morgan fingerprint density at radius 3 is 2.23 bits per heavy atom. The molecule has 250 valence electrons. The Morgan fingerprint density at radius 1 is 0.860 bits per heavy atom. The summed E-state index contributed by atoms with van der Waals surface area (Å²) >= 11 is 0. The molecule has 0 spiro atoms. The number of carbonyl (C=O) groups is 2. The molecule has 0 aromatic heterocycles. The molecule has 0 aliphatic heterocycles. The standard InChI is InChI=1S/C35H62O8/c1-4-5-12-18-28(37)22-23-31-30(32(38)24-33(31)39)19-14-10-11-15-20-34(40)42-26-29(25-36)43-35(41)21-16-9-7-6-8-13-17-27(2)3/h10,14,22-23,27-33,36-39H,4-9,11-13,15-21,24-26H2,1-3H3/b14-10+,23-22+/t28-,29-,30+,31+,32-,33+/m0/s1. The first-order valence-corrected chi connectivity index (χ1v) is 17.0. The van der Waals surface area contributed by atoms with E-state index in [0.717, 1.165) is 44.4 Å². The van der Waals surface area contributed by atoms with Crippen LogP contribution in [0.25, 0.3) is 0 Å². The van der Waals surface area contributed by atoms with E-state index < -0.39 is 37.0 Å². The minimum atomic E-state index is -0.847. The van der Waals surface area contributed by atoms with E-state index in [1.165, 1.54) is 25.7 Å². The molecule has 1 rings (SSSR count). The number of carbonyl (C=O) groups excluding carboxylic acids is 2. The summed E-state index contributed by atoms with van der Waals surface area (Å²) in [5.41, 5.74) is 0.